The summed E-state index contributed by atoms with van der Waals surface area (Å²) in [6.45, 7) is -0.455. The van der Waals surface area contributed by atoms with Crippen LogP contribution in [0.4, 0.5) is 19.0 Å². The summed E-state index contributed by atoms with van der Waals surface area (Å²) in [5.74, 6) is -0.844. The number of alkyl halides is 2. The summed E-state index contributed by atoms with van der Waals surface area (Å²) in [4.78, 5) is 3.62. The molecule has 0 fully saturated rings. The van der Waals surface area contributed by atoms with E-state index >= 15 is 0 Å². The smallest absolute Gasteiger partial charge is 0.265 e. The van der Waals surface area contributed by atoms with Gasteiger partial charge in [-0.25, -0.2) is 18.2 Å². The molecule has 1 atom stereocenters. The van der Waals surface area contributed by atoms with Gasteiger partial charge in [0.2, 0.25) is 0 Å². The molecule has 0 saturated carbocycles. The predicted octanol–water partition coefficient (Wildman–Crippen LogP) is 2.02. The molecule has 2 N–H and O–H groups in total. The molecule has 1 heterocycles. The molecule has 0 bridgehead atoms. The average Bonchev–Trinajstić information content (AvgIpc) is 2.15. The SMILES string of the molecule is OC(CNc1ncc(Br)cc1F)C(F)F. The molecule has 0 aromatic carbocycles. The molecule has 0 saturated heterocycles. The van der Waals surface area contributed by atoms with Gasteiger partial charge in [-0.2, -0.15) is 0 Å². The molecule has 0 spiro atoms. The van der Waals surface area contributed by atoms with E-state index in [0.717, 1.165) is 6.07 Å². The number of aliphatic hydroxyl groups excluding tert-OH is 1. The van der Waals surface area contributed by atoms with Gasteiger partial charge in [0.15, 0.2) is 11.6 Å². The van der Waals surface area contributed by atoms with Crippen LogP contribution in [-0.2, 0) is 0 Å². The summed E-state index contributed by atoms with van der Waals surface area (Å²) < 4.78 is 37.3. The van der Waals surface area contributed by atoms with Crippen molar-refractivity contribution in [3.63, 3.8) is 0 Å². The second-order valence-electron chi connectivity index (χ2n) is 2.77. The summed E-state index contributed by atoms with van der Waals surface area (Å²) in [5.41, 5.74) is 0. The summed E-state index contributed by atoms with van der Waals surface area (Å²) in [6.07, 6.45) is -3.38. The highest BCUT2D eigenvalue weighted by atomic mass is 79.9. The lowest BCUT2D eigenvalue weighted by Crippen LogP contribution is -2.27. The second kappa shape index (κ2) is 5.32. The highest BCUT2D eigenvalue weighted by molar-refractivity contribution is 9.10. The van der Waals surface area contributed by atoms with E-state index in [0.29, 0.717) is 4.47 Å². The van der Waals surface area contributed by atoms with Crippen molar-refractivity contribution in [3.05, 3.63) is 22.6 Å². The molecule has 0 amide bonds. The molecule has 3 nitrogen and oxygen atoms in total. The van der Waals surface area contributed by atoms with Crippen LogP contribution in [0, 0.1) is 5.82 Å². The number of pyridine rings is 1. The fourth-order valence-corrected chi connectivity index (χ4v) is 1.14. The number of hydrogen-bond donors (Lipinski definition) is 2. The van der Waals surface area contributed by atoms with E-state index in [1.54, 1.807) is 0 Å². The van der Waals surface area contributed by atoms with Gasteiger partial charge in [-0.05, 0) is 22.0 Å². The fourth-order valence-electron chi connectivity index (χ4n) is 0.835. The Morgan fingerprint density at radius 1 is 1.53 bits per heavy atom. The van der Waals surface area contributed by atoms with Crippen LogP contribution in [0.5, 0.6) is 0 Å². The van der Waals surface area contributed by atoms with Gasteiger partial charge < -0.3 is 10.4 Å². The Balaban J connectivity index is 2.58. The third-order valence-electron chi connectivity index (χ3n) is 1.58. The van der Waals surface area contributed by atoms with Crippen LogP contribution in [0.15, 0.2) is 16.7 Å². The quantitative estimate of drug-likeness (QED) is 0.889. The number of nitrogens with one attached hydrogen (secondary N) is 1. The van der Waals surface area contributed by atoms with Crippen LogP contribution in [0.2, 0.25) is 0 Å². The van der Waals surface area contributed by atoms with Gasteiger partial charge in [0.05, 0.1) is 0 Å². The molecule has 1 aromatic heterocycles. The Morgan fingerprint density at radius 2 is 2.20 bits per heavy atom. The number of anilines is 1. The van der Waals surface area contributed by atoms with Gasteiger partial charge in [0.1, 0.15) is 6.10 Å². The predicted molar refractivity (Wildman–Crippen MR) is 52.4 cm³/mol. The van der Waals surface area contributed by atoms with Gasteiger partial charge >= 0.3 is 0 Å². The highest BCUT2D eigenvalue weighted by Crippen LogP contribution is 2.16. The summed E-state index contributed by atoms with van der Waals surface area (Å²) in [6, 6.07) is 1.14. The summed E-state index contributed by atoms with van der Waals surface area (Å²) in [7, 11) is 0. The van der Waals surface area contributed by atoms with Crippen molar-refractivity contribution in [2.45, 2.75) is 12.5 Å². The van der Waals surface area contributed by atoms with Crippen molar-refractivity contribution >= 4 is 21.7 Å². The molecular weight excluding hydrogens is 277 g/mol. The van der Waals surface area contributed by atoms with Gasteiger partial charge in [0.25, 0.3) is 6.43 Å². The molecule has 84 valence electrons. The van der Waals surface area contributed by atoms with Crippen molar-refractivity contribution in [2.24, 2.45) is 0 Å². The zero-order chi connectivity index (χ0) is 11.4. The first-order chi connectivity index (χ1) is 7.00. The first-order valence-electron chi connectivity index (χ1n) is 4.02. The maximum Gasteiger partial charge on any atom is 0.265 e. The lowest BCUT2D eigenvalue weighted by atomic mass is 10.3. The van der Waals surface area contributed by atoms with E-state index in [1.807, 2.05) is 0 Å². The number of halogens is 4. The minimum absolute atomic E-state index is 0.169. The zero-order valence-corrected chi connectivity index (χ0v) is 9.01. The van der Waals surface area contributed by atoms with Gasteiger partial charge in [-0.15, -0.1) is 0 Å². The largest absolute Gasteiger partial charge is 0.385 e. The standard InChI is InChI=1S/C8H8BrF3N2O/c9-4-1-5(10)8(13-2-4)14-3-6(15)7(11)12/h1-2,6-7,15H,3H2,(H,13,14). The zero-order valence-electron chi connectivity index (χ0n) is 7.42. The van der Waals surface area contributed by atoms with E-state index in [4.69, 9.17) is 5.11 Å². The molecule has 7 heteroatoms. The van der Waals surface area contributed by atoms with E-state index in [9.17, 15) is 13.2 Å². The minimum Gasteiger partial charge on any atom is -0.385 e. The molecule has 0 radical (unpaired) electrons. The van der Waals surface area contributed by atoms with Crippen molar-refractivity contribution < 1.29 is 18.3 Å². The first kappa shape index (κ1) is 12.3. The monoisotopic (exact) mass is 284 g/mol. The molecule has 0 aliphatic carbocycles. The van der Waals surface area contributed by atoms with Crippen LogP contribution < -0.4 is 5.32 Å². The first-order valence-corrected chi connectivity index (χ1v) is 4.81. The van der Waals surface area contributed by atoms with Crippen LogP contribution in [0.1, 0.15) is 0 Å². The van der Waals surface area contributed by atoms with Gasteiger partial charge in [0, 0.05) is 17.2 Å². The van der Waals surface area contributed by atoms with Crippen molar-refractivity contribution in [1.82, 2.24) is 4.98 Å². The molecule has 1 rings (SSSR count). The van der Waals surface area contributed by atoms with E-state index in [2.05, 4.69) is 26.2 Å². The van der Waals surface area contributed by atoms with E-state index in [1.165, 1.54) is 6.20 Å². The summed E-state index contributed by atoms with van der Waals surface area (Å²) >= 11 is 3.00. The number of rotatable bonds is 4. The molecular formula is C8H8BrF3N2O. The lowest BCUT2D eigenvalue weighted by Gasteiger charge is -2.11. The van der Waals surface area contributed by atoms with Crippen LogP contribution >= 0.6 is 15.9 Å². The Labute approximate surface area is 92.5 Å². The van der Waals surface area contributed by atoms with Crippen molar-refractivity contribution in [2.75, 3.05) is 11.9 Å². The molecule has 0 aliphatic rings. The molecule has 1 aromatic rings. The second-order valence-corrected chi connectivity index (χ2v) is 3.68. The molecule has 15 heavy (non-hydrogen) atoms. The number of aliphatic hydroxyl groups is 1. The van der Waals surface area contributed by atoms with Crippen LogP contribution in [0.3, 0.4) is 0 Å². The summed E-state index contributed by atoms with van der Waals surface area (Å²) in [5, 5.41) is 11.0. The Bertz CT molecular complexity index is 338. The van der Waals surface area contributed by atoms with E-state index in [-0.39, 0.29) is 5.82 Å². The normalized spacial score (nSPS) is 12.9. The molecule has 0 aliphatic heterocycles. The topological polar surface area (TPSA) is 45.1 Å². The van der Waals surface area contributed by atoms with E-state index < -0.39 is 24.9 Å². The number of aromatic nitrogens is 1. The number of hydrogen-bond acceptors (Lipinski definition) is 3. The van der Waals surface area contributed by atoms with Gasteiger partial charge in [-0.1, -0.05) is 0 Å². The Morgan fingerprint density at radius 3 is 2.73 bits per heavy atom. The Hall–Kier alpha value is -0.820. The van der Waals surface area contributed by atoms with Crippen LogP contribution in [-0.4, -0.2) is 29.2 Å². The van der Waals surface area contributed by atoms with Crippen molar-refractivity contribution in [1.29, 1.82) is 0 Å². The fraction of sp³-hybridized carbons (Fsp3) is 0.375. The average molecular weight is 285 g/mol. The lowest BCUT2D eigenvalue weighted by molar-refractivity contribution is 0.00377. The van der Waals surface area contributed by atoms with Crippen molar-refractivity contribution in [3.8, 4) is 0 Å². The third-order valence-corrected chi connectivity index (χ3v) is 2.01. The van der Waals surface area contributed by atoms with Gasteiger partial charge in [-0.3, -0.25) is 0 Å². The van der Waals surface area contributed by atoms with Crippen LogP contribution in [0.25, 0.3) is 0 Å². The highest BCUT2D eigenvalue weighted by Gasteiger charge is 2.17. The number of nitrogens with zero attached hydrogens (tertiary/aromatic N) is 1. The molecule has 1 unspecified atom stereocenters. The maximum atomic E-state index is 13.1. The third kappa shape index (κ3) is 3.67. The minimum atomic E-state index is -2.86. The Kier molecular flexibility index (Phi) is 4.34. The maximum absolute atomic E-state index is 13.1.